The van der Waals surface area contributed by atoms with E-state index < -0.39 is 0 Å². The van der Waals surface area contributed by atoms with Gasteiger partial charge in [0.1, 0.15) is 0 Å². The Morgan fingerprint density at radius 1 is 1.21 bits per heavy atom. The van der Waals surface area contributed by atoms with Crippen molar-refractivity contribution in [2.24, 2.45) is 4.99 Å². The molecule has 0 saturated carbocycles. The second-order valence-electron chi connectivity index (χ2n) is 6.09. The van der Waals surface area contributed by atoms with Gasteiger partial charge in [-0.15, -0.1) is 24.0 Å². The van der Waals surface area contributed by atoms with Gasteiger partial charge < -0.3 is 15.2 Å². The molecule has 0 radical (unpaired) electrons. The molecule has 7 heteroatoms. The van der Waals surface area contributed by atoms with Gasteiger partial charge in [0.05, 0.1) is 0 Å². The summed E-state index contributed by atoms with van der Waals surface area (Å²) in [5.41, 5.74) is 1.31. The summed E-state index contributed by atoms with van der Waals surface area (Å²) in [5, 5.41) is 10.4. The van der Waals surface area contributed by atoms with Crippen molar-refractivity contribution in [1.82, 2.24) is 20.8 Å². The molecule has 2 aromatic rings. The Kier molecular flexibility index (Phi) is 8.17. The van der Waals surface area contributed by atoms with Gasteiger partial charge in [0.25, 0.3) is 0 Å². The quantitative estimate of drug-likeness (QED) is 0.408. The Hall–Kier alpha value is -1.64. The zero-order valence-electron chi connectivity index (χ0n) is 14.7. The van der Waals surface area contributed by atoms with E-state index in [0.717, 1.165) is 12.5 Å². The van der Waals surface area contributed by atoms with Gasteiger partial charge in [-0.05, 0) is 12.5 Å². The number of benzene rings is 1. The molecule has 0 spiro atoms. The maximum atomic E-state index is 5.09. The molecule has 1 aromatic heterocycles. The zero-order chi connectivity index (χ0) is 16.7. The first-order valence-corrected chi connectivity index (χ1v) is 7.80. The Labute approximate surface area is 160 Å². The number of halogens is 1. The fraction of sp³-hybridized carbons (Fsp3) is 0.471. The Balaban J connectivity index is 0.00000288. The molecule has 24 heavy (non-hydrogen) atoms. The first-order valence-electron chi connectivity index (χ1n) is 7.80. The van der Waals surface area contributed by atoms with E-state index in [1.807, 2.05) is 13.0 Å². The summed E-state index contributed by atoms with van der Waals surface area (Å²) in [6, 6.07) is 10.5. The number of nitrogens with zero attached hydrogens (tertiary/aromatic N) is 3. The second-order valence-corrected chi connectivity index (χ2v) is 6.09. The summed E-state index contributed by atoms with van der Waals surface area (Å²) in [5.74, 6) is 2.06. The van der Waals surface area contributed by atoms with Crippen molar-refractivity contribution in [3.8, 4) is 0 Å². The zero-order valence-corrected chi connectivity index (χ0v) is 17.0. The van der Waals surface area contributed by atoms with Crippen molar-refractivity contribution in [3.63, 3.8) is 0 Å². The van der Waals surface area contributed by atoms with E-state index in [0.29, 0.717) is 24.7 Å². The summed E-state index contributed by atoms with van der Waals surface area (Å²) < 4.78 is 5.09. The molecule has 0 saturated heterocycles. The van der Waals surface area contributed by atoms with Crippen LogP contribution in [0.1, 0.15) is 31.1 Å². The number of hydrogen-bond acceptors (Lipinski definition) is 4. The van der Waals surface area contributed by atoms with E-state index in [1.165, 1.54) is 5.56 Å². The van der Waals surface area contributed by atoms with Crippen LogP contribution in [-0.4, -0.2) is 36.2 Å². The van der Waals surface area contributed by atoms with Crippen molar-refractivity contribution in [3.05, 3.63) is 47.6 Å². The van der Waals surface area contributed by atoms with Gasteiger partial charge in [0.15, 0.2) is 11.8 Å². The number of nitrogens with one attached hydrogen (secondary N) is 2. The molecule has 0 aliphatic rings. The predicted octanol–water partition coefficient (Wildman–Crippen LogP) is 2.68. The van der Waals surface area contributed by atoms with Gasteiger partial charge in [0, 0.05) is 32.0 Å². The second kappa shape index (κ2) is 9.61. The lowest BCUT2D eigenvalue weighted by Gasteiger charge is -2.26. The van der Waals surface area contributed by atoms with E-state index in [2.05, 4.69) is 63.9 Å². The third-order valence-electron chi connectivity index (χ3n) is 3.68. The normalized spacial score (nSPS) is 11.8. The Morgan fingerprint density at radius 2 is 1.92 bits per heavy atom. The van der Waals surface area contributed by atoms with E-state index in [9.17, 15) is 0 Å². The van der Waals surface area contributed by atoms with Crippen molar-refractivity contribution >= 4 is 29.9 Å². The highest BCUT2D eigenvalue weighted by molar-refractivity contribution is 14.0. The van der Waals surface area contributed by atoms with Gasteiger partial charge in [-0.1, -0.05) is 49.3 Å². The van der Waals surface area contributed by atoms with Gasteiger partial charge in [-0.3, -0.25) is 4.99 Å². The number of aryl methyl sites for hydroxylation is 1. The molecule has 0 bridgehead atoms. The maximum Gasteiger partial charge on any atom is 0.228 e. The highest BCUT2D eigenvalue weighted by atomic mass is 127. The largest absolute Gasteiger partial charge is 0.356 e. The van der Waals surface area contributed by atoms with Crippen LogP contribution < -0.4 is 10.6 Å². The molecule has 1 heterocycles. The summed E-state index contributed by atoms with van der Waals surface area (Å²) >= 11 is 0. The molecular weight excluding hydrogens is 417 g/mol. The van der Waals surface area contributed by atoms with Crippen LogP contribution in [0.5, 0.6) is 0 Å². The summed E-state index contributed by atoms with van der Waals surface area (Å²) in [4.78, 5) is 8.43. The van der Waals surface area contributed by atoms with E-state index in [1.54, 1.807) is 7.05 Å². The van der Waals surface area contributed by atoms with Gasteiger partial charge in [0.2, 0.25) is 5.89 Å². The predicted molar refractivity (Wildman–Crippen MR) is 107 cm³/mol. The fourth-order valence-electron chi connectivity index (χ4n) is 2.25. The van der Waals surface area contributed by atoms with Crippen LogP contribution in [0.2, 0.25) is 0 Å². The van der Waals surface area contributed by atoms with Crippen LogP contribution in [0.4, 0.5) is 0 Å². The highest BCUT2D eigenvalue weighted by Crippen LogP contribution is 2.21. The SMILES string of the molecule is CN=C(NCCc1nc(C)no1)NCC(C)(C)c1ccccc1.I. The number of aliphatic imine (C=N–C) groups is 1. The van der Waals surface area contributed by atoms with Gasteiger partial charge in [-0.2, -0.15) is 4.98 Å². The van der Waals surface area contributed by atoms with Gasteiger partial charge >= 0.3 is 0 Å². The molecule has 132 valence electrons. The molecule has 6 nitrogen and oxygen atoms in total. The molecule has 0 fully saturated rings. The molecule has 0 atom stereocenters. The molecule has 0 amide bonds. The smallest absolute Gasteiger partial charge is 0.228 e. The lowest BCUT2D eigenvalue weighted by molar-refractivity contribution is 0.374. The van der Waals surface area contributed by atoms with Crippen LogP contribution >= 0.6 is 24.0 Å². The van der Waals surface area contributed by atoms with Crippen molar-refractivity contribution < 1.29 is 4.52 Å². The minimum absolute atomic E-state index is 0. The lowest BCUT2D eigenvalue weighted by atomic mass is 9.85. The number of rotatable bonds is 6. The monoisotopic (exact) mass is 443 g/mol. The van der Waals surface area contributed by atoms with E-state index >= 15 is 0 Å². The van der Waals surface area contributed by atoms with E-state index in [-0.39, 0.29) is 29.4 Å². The number of guanidine groups is 1. The van der Waals surface area contributed by atoms with Crippen molar-refractivity contribution in [2.75, 3.05) is 20.1 Å². The van der Waals surface area contributed by atoms with Crippen LogP contribution in [0.3, 0.4) is 0 Å². The summed E-state index contributed by atoms with van der Waals surface area (Å²) in [7, 11) is 1.77. The number of aromatic nitrogens is 2. The topological polar surface area (TPSA) is 75.3 Å². The number of hydrogen-bond donors (Lipinski definition) is 2. The average molecular weight is 443 g/mol. The standard InChI is InChI=1S/C17H25N5O.HI/c1-13-21-15(23-22-13)10-11-19-16(18-4)20-12-17(2,3)14-8-6-5-7-9-14;/h5-9H,10-12H2,1-4H3,(H2,18,19,20);1H. The van der Waals surface area contributed by atoms with Crippen molar-refractivity contribution in [2.45, 2.75) is 32.6 Å². The molecule has 0 unspecified atom stereocenters. The first-order chi connectivity index (χ1) is 11.0. The Morgan fingerprint density at radius 3 is 2.50 bits per heavy atom. The molecule has 2 rings (SSSR count). The molecule has 0 aliphatic carbocycles. The summed E-state index contributed by atoms with van der Waals surface area (Å²) in [6.45, 7) is 7.71. The van der Waals surface area contributed by atoms with Crippen LogP contribution in [-0.2, 0) is 11.8 Å². The highest BCUT2D eigenvalue weighted by Gasteiger charge is 2.20. The van der Waals surface area contributed by atoms with Crippen LogP contribution in [0, 0.1) is 6.92 Å². The Bertz CT molecular complexity index is 639. The average Bonchev–Trinajstić information content (AvgIpc) is 2.97. The molecule has 1 aromatic carbocycles. The van der Waals surface area contributed by atoms with Crippen LogP contribution in [0.15, 0.2) is 39.8 Å². The molecule has 2 N–H and O–H groups in total. The minimum atomic E-state index is 0. The van der Waals surface area contributed by atoms with Crippen LogP contribution in [0.25, 0.3) is 0 Å². The fourth-order valence-corrected chi connectivity index (χ4v) is 2.25. The molecule has 0 aliphatic heterocycles. The third-order valence-corrected chi connectivity index (χ3v) is 3.68. The lowest BCUT2D eigenvalue weighted by Crippen LogP contribution is -2.44. The summed E-state index contributed by atoms with van der Waals surface area (Å²) in [6.07, 6.45) is 0.670. The van der Waals surface area contributed by atoms with Crippen molar-refractivity contribution in [1.29, 1.82) is 0 Å². The van der Waals surface area contributed by atoms with E-state index in [4.69, 9.17) is 4.52 Å². The maximum absolute atomic E-state index is 5.09. The first kappa shape index (κ1) is 20.4. The molecular formula is C17H26IN5O. The van der Waals surface area contributed by atoms with Gasteiger partial charge in [-0.25, -0.2) is 0 Å². The minimum Gasteiger partial charge on any atom is -0.356 e. The third kappa shape index (κ3) is 6.10.